The molecule has 1 heterocycles. The van der Waals surface area contributed by atoms with E-state index in [0.29, 0.717) is 27.4 Å². The van der Waals surface area contributed by atoms with E-state index in [0.717, 1.165) is 4.90 Å². The van der Waals surface area contributed by atoms with E-state index in [2.05, 4.69) is 0 Å². The van der Waals surface area contributed by atoms with E-state index < -0.39 is 0 Å². The van der Waals surface area contributed by atoms with Crippen molar-refractivity contribution >= 4 is 23.1 Å². The Bertz CT molecular complexity index is 1040. The van der Waals surface area contributed by atoms with Crippen molar-refractivity contribution in [2.24, 2.45) is 0 Å². The van der Waals surface area contributed by atoms with Gasteiger partial charge in [0.25, 0.3) is 0 Å². The number of ether oxygens (including phenoxy) is 1. The summed E-state index contributed by atoms with van der Waals surface area (Å²) in [7, 11) is 0. The van der Waals surface area contributed by atoms with Crippen LogP contribution in [0.3, 0.4) is 0 Å². The summed E-state index contributed by atoms with van der Waals surface area (Å²) in [6, 6.07) is 18.2. The standard InChI is InChI=1S/C19H8N2O2S/c20-9-11(10-21)16-12-5-1-2-6-13(12)17(22)18-19(16)24-15-8-4-3-7-14(15)23-18/h1-8H. The number of nitriles is 2. The maximum atomic E-state index is 12.8. The molecule has 0 fully saturated rings. The summed E-state index contributed by atoms with van der Waals surface area (Å²) in [4.78, 5) is 14.2. The third-order valence-electron chi connectivity index (χ3n) is 3.83. The summed E-state index contributed by atoms with van der Waals surface area (Å²) < 4.78 is 5.83. The van der Waals surface area contributed by atoms with E-state index in [1.165, 1.54) is 11.8 Å². The van der Waals surface area contributed by atoms with Gasteiger partial charge in [0.15, 0.2) is 5.76 Å². The maximum absolute atomic E-state index is 12.8. The first-order chi connectivity index (χ1) is 11.7. The zero-order chi connectivity index (χ0) is 16.7. The van der Waals surface area contributed by atoms with Gasteiger partial charge in [-0.1, -0.05) is 48.2 Å². The van der Waals surface area contributed by atoms with E-state index >= 15 is 0 Å². The Labute approximate surface area is 142 Å². The molecule has 0 spiro atoms. The van der Waals surface area contributed by atoms with Gasteiger partial charge in [0, 0.05) is 11.1 Å². The quantitative estimate of drug-likeness (QED) is 0.681. The zero-order valence-electron chi connectivity index (χ0n) is 12.2. The molecule has 0 unspecified atom stereocenters. The lowest BCUT2D eigenvalue weighted by Crippen LogP contribution is -2.21. The van der Waals surface area contributed by atoms with Gasteiger partial charge in [0.1, 0.15) is 23.5 Å². The monoisotopic (exact) mass is 328 g/mol. The van der Waals surface area contributed by atoms with Gasteiger partial charge in [-0.25, -0.2) is 0 Å². The molecule has 2 aromatic rings. The van der Waals surface area contributed by atoms with Gasteiger partial charge in [0.2, 0.25) is 5.78 Å². The predicted octanol–water partition coefficient (Wildman–Crippen LogP) is 4.08. The van der Waals surface area contributed by atoms with Crippen molar-refractivity contribution in [3.8, 4) is 17.9 Å². The number of rotatable bonds is 0. The number of fused-ring (bicyclic) bond motifs is 2. The summed E-state index contributed by atoms with van der Waals surface area (Å²) in [5.74, 6) is 0.542. The number of benzene rings is 2. The molecule has 0 atom stereocenters. The van der Waals surface area contributed by atoms with Crippen molar-refractivity contribution in [3.63, 3.8) is 0 Å². The molecule has 1 aliphatic heterocycles. The van der Waals surface area contributed by atoms with Crippen molar-refractivity contribution in [1.29, 1.82) is 10.5 Å². The molecule has 24 heavy (non-hydrogen) atoms. The first-order valence-electron chi connectivity index (χ1n) is 7.12. The SMILES string of the molecule is N#CC(C#N)=C1C2=C(Oc3ccccc3S2)C(=O)c2ccccc21. The highest BCUT2D eigenvalue weighted by Crippen LogP contribution is 2.51. The number of para-hydroxylation sites is 1. The van der Waals surface area contributed by atoms with Crippen LogP contribution in [0, 0.1) is 22.7 Å². The molecule has 0 N–H and O–H groups in total. The number of allylic oxidation sites excluding steroid dienone is 3. The number of thioether (sulfide) groups is 1. The largest absolute Gasteiger partial charge is 0.451 e. The molecule has 0 saturated heterocycles. The molecule has 4 rings (SSSR count). The van der Waals surface area contributed by atoms with Crippen molar-refractivity contribution in [2.45, 2.75) is 4.90 Å². The zero-order valence-corrected chi connectivity index (χ0v) is 13.1. The Kier molecular flexibility index (Phi) is 3.23. The highest BCUT2D eigenvalue weighted by Gasteiger charge is 2.36. The fourth-order valence-corrected chi connectivity index (χ4v) is 3.89. The molecule has 1 aliphatic carbocycles. The van der Waals surface area contributed by atoms with Crippen LogP contribution in [0.25, 0.3) is 5.57 Å². The number of nitrogens with zero attached hydrogens (tertiary/aromatic N) is 2. The topological polar surface area (TPSA) is 73.9 Å². The number of ketones is 1. The molecule has 2 aliphatic rings. The molecule has 0 saturated carbocycles. The van der Waals surface area contributed by atoms with E-state index in [9.17, 15) is 15.3 Å². The summed E-state index contributed by atoms with van der Waals surface area (Å²) in [5.41, 5.74) is 1.46. The van der Waals surface area contributed by atoms with Crippen LogP contribution in [0.15, 0.2) is 69.7 Å². The fourth-order valence-electron chi connectivity index (χ4n) is 2.77. The molecule has 4 nitrogen and oxygen atoms in total. The van der Waals surface area contributed by atoms with Crippen molar-refractivity contribution in [1.82, 2.24) is 0 Å². The predicted molar refractivity (Wildman–Crippen MR) is 88.9 cm³/mol. The molecule has 0 aromatic heterocycles. The van der Waals surface area contributed by atoms with E-state index in [4.69, 9.17) is 4.74 Å². The lowest BCUT2D eigenvalue weighted by atomic mass is 9.88. The summed E-state index contributed by atoms with van der Waals surface area (Å²) in [5, 5.41) is 18.7. The molecule has 5 heteroatoms. The molecular formula is C19H8N2O2S. The van der Waals surface area contributed by atoms with Crippen LogP contribution in [0.5, 0.6) is 5.75 Å². The number of carbonyl (C=O) groups is 1. The summed E-state index contributed by atoms with van der Waals surface area (Å²) >= 11 is 1.35. The minimum absolute atomic E-state index is 0.0297. The Morgan fingerprint density at radius 2 is 1.62 bits per heavy atom. The van der Waals surface area contributed by atoms with E-state index in [-0.39, 0.29) is 17.1 Å². The lowest BCUT2D eigenvalue weighted by molar-refractivity contribution is 0.0982. The number of Topliss-reactive ketones (excluding diaryl/α,β-unsaturated/α-hetero) is 1. The molecule has 0 radical (unpaired) electrons. The van der Waals surface area contributed by atoms with Gasteiger partial charge in [-0.05, 0) is 17.7 Å². The maximum Gasteiger partial charge on any atom is 0.230 e. The first kappa shape index (κ1) is 14.3. The minimum Gasteiger partial charge on any atom is -0.451 e. The highest BCUT2D eigenvalue weighted by atomic mass is 32.2. The van der Waals surface area contributed by atoms with Crippen LogP contribution in [-0.4, -0.2) is 5.78 Å². The van der Waals surface area contributed by atoms with Crippen molar-refractivity contribution < 1.29 is 9.53 Å². The third-order valence-corrected chi connectivity index (χ3v) is 4.98. The van der Waals surface area contributed by atoms with Gasteiger partial charge in [-0.2, -0.15) is 10.5 Å². The second-order valence-electron chi connectivity index (χ2n) is 5.16. The van der Waals surface area contributed by atoms with Crippen LogP contribution in [-0.2, 0) is 0 Å². The smallest absolute Gasteiger partial charge is 0.230 e. The van der Waals surface area contributed by atoms with Crippen molar-refractivity contribution in [3.05, 3.63) is 75.9 Å². The van der Waals surface area contributed by atoms with Gasteiger partial charge in [-0.15, -0.1) is 0 Å². The van der Waals surface area contributed by atoms with Gasteiger partial charge >= 0.3 is 0 Å². The minimum atomic E-state index is -0.235. The summed E-state index contributed by atoms with van der Waals surface area (Å²) in [6.45, 7) is 0. The van der Waals surface area contributed by atoms with Crippen molar-refractivity contribution in [2.75, 3.05) is 0 Å². The second-order valence-corrected chi connectivity index (χ2v) is 6.21. The van der Waals surface area contributed by atoms with Gasteiger partial charge < -0.3 is 4.74 Å². The number of carbonyl (C=O) groups excluding carboxylic acids is 1. The second kappa shape index (κ2) is 5.42. The van der Waals surface area contributed by atoms with Crippen LogP contribution in [0.4, 0.5) is 0 Å². The van der Waals surface area contributed by atoms with E-state index in [1.807, 2.05) is 30.3 Å². The Hall–Kier alpha value is -3.28. The average molecular weight is 328 g/mol. The molecule has 2 aromatic carbocycles. The molecular weight excluding hydrogens is 320 g/mol. The van der Waals surface area contributed by atoms with Crippen LogP contribution < -0.4 is 4.74 Å². The number of hydrogen-bond donors (Lipinski definition) is 0. The molecule has 0 bridgehead atoms. The van der Waals surface area contributed by atoms with Crippen LogP contribution in [0.1, 0.15) is 15.9 Å². The van der Waals surface area contributed by atoms with Gasteiger partial charge in [-0.3, -0.25) is 4.79 Å². The normalized spacial score (nSPS) is 14.6. The Balaban J connectivity index is 2.03. The lowest BCUT2D eigenvalue weighted by Gasteiger charge is -2.28. The Morgan fingerprint density at radius 3 is 2.38 bits per heavy atom. The molecule has 0 amide bonds. The fraction of sp³-hybridized carbons (Fsp3) is 0. The van der Waals surface area contributed by atoms with Crippen LogP contribution in [0.2, 0.25) is 0 Å². The van der Waals surface area contributed by atoms with Gasteiger partial charge in [0.05, 0.1) is 9.80 Å². The number of hydrogen-bond acceptors (Lipinski definition) is 5. The average Bonchev–Trinajstić information content (AvgIpc) is 2.64. The summed E-state index contributed by atoms with van der Waals surface area (Å²) in [6.07, 6.45) is 0. The third kappa shape index (κ3) is 1.96. The first-order valence-corrected chi connectivity index (χ1v) is 7.94. The van der Waals surface area contributed by atoms with E-state index in [1.54, 1.807) is 30.3 Å². The highest BCUT2D eigenvalue weighted by molar-refractivity contribution is 8.03. The van der Waals surface area contributed by atoms with Crippen LogP contribution >= 0.6 is 11.8 Å². The Morgan fingerprint density at radius 1 is 0.958 bits per heavy atom. The molecule has 112 valence electrons.